The van der Waals surface area contributed by atoms with E-state index in [1.165, 1.54) is 37.8 Å². The molecule has 28 heavy (non-hydrogen) atoms. The van der Waals surface area contributed by atoms with Gasteiger partial charge < -0.3 is 9.80 Å². The van der Waals surface area contributed by atoms with Crippen molar-refractivity contribution in [1.29, 1.82) is 0 Å². The molecule has 5 rings (SSSR count). The van der Waals surface area contributed by atoms with Gasteiger partial charge in [-0.15, -0.1) is 0 Å². The highest BCUT2D eigenvalue weighted by atomic mass is 16.2. The number of amides is 1. The average molecular weight is 383 g/mol. The molecule has 1 aromatic rings. The molecule has 4 heterocycles. The Morgan fingerprint density at radius 2 is 1.89 bits per heavy atom. The summed E-state index contributed by atoms with van der Waals surface area (Å²) in [5, 5.41) is 0. The Kier molecular flexibility index (Phi) is 4.71. The topological polar surface area (TPSA) is 39.7 Å². The summed E-state index contributed by atoms with van der Waals surface area (Å²) < 4.78 is 0. The zero-order chi connectivity index (χ0) is 19.2. The van der Waals surface area contributed by atoms with E-state index in [9.17, 15) is 4.79 Å². The minimum absolute atomic E-state index is 0.0950. The average Bonchev–Trinajstić information content (AvgIpc) is 3.42. The Labute approximate surface area is 169 Å². The Morgan fingerprint density at radius 3 is 2.61 bits per heavy atom. The van der Waals surface area contributed by atoms with E-state index in [0.29, 0.717) is 17.2 Å². The van der Waals surface area contributed by atoms with Crippen LogP contribution in [0.1, 0.15) is 44.2 Å². The Balaban J connectivity index is 1.31. The Morgan fingerprint density at radius 1 is 1.11 bits per heavy atom. The van der Waals surface area contributed by atoms with Crippen molar-refractivity contribution in [3.05, 3.63) is 30.1 Å². The van der Waals surface area contributed by atoms with Crippen LogP contribution >= 0.6 is 0 Å². The van der Waals surface area contributed by atoms with E-state index in [2.05, 4.69) is 38.9 Å². The van der Waals surface area contributed by atoms with Crippen LogP contribution in [-0.4, -0.2) is 71.9 Å². The summed E-state index contributed by atoms with van der Waals surface area (Å²) >= 11 is 0. The number of hydrogen-bond donors (Lipinski definition) is 0. The molecule has 1 aromatic heterocycles. The van der Waals surface area contributed by atoms with Gasteiger partial charge in [0.2, 0.25) is 5.91 Å². The van der Waals surface area contributed by atoms with Crippen LogP contribution < -0.4 is 0 Å². The smallest absolute Gasteiger partial charge is 0.230 e. The van der Waals surface area contributed by atoms with Crippen molar-refractivity contribution in [3.63, 3.8) is 0 Å². The van der Waals surface area contributed by atoms with Gasteiger partial charge in [-0.2, -0.15) is 0 Å². The van der Waals surface area contributed by atoms with Gasteiger partial charge in [-0.05, 0) is 82.1 Å². The van der Waals surface area contributed by atoms with Gasteiger partial charge in [0, 0.05) is 38.9 Å². The van der Waals surface area contributed by atoms with Crippen molar-refractivity contribution in [3.8, 4) is 0 Å². The number of rotatable bonds is 3. The zero-order valence-corrected chi connectivity index (χ0v) is 17.3. The molecular formula is C23H34N4O. The van der Waals surface area contributed by atoms with Gasteiger partial charge >= 0.3 is 0 Å². The van der Waals surface area contributed by atoms with Gasteiger partial charge in [0.05, 0.1) is 11.1 Å². The summed E-state index contributed by atoms with van der Waals surface area (Å²) in [5.74, 6) is 1.04. The minimum Gasteiger partial charge on any atom is -0.342 e. The van der Waals surface area contributed by atoms with Crippen molar-refractivity contribution in [2.45, 2.75) is 45.1 Å². The molecular weight excluding hydrogens is 348 g/mol. The van der Waals surface area contributed by atoms with Crippen molar-refractivity contribution < 1.29 is 4.79 Å². The molecule has 3 aliphatic heterocycles. The van der Waals surface area contributed by atoms with Crippen LogP contribution in [0.5, 0.6) is 0 Å². The molecule has 1 aliphatic carbocycles. The van der Waals surface area contributed by atoms with Crippen molar-refractivity contribution >= 4 is 5.91 Å². The molecule has 0 radical (unpaired) electrons. The van der Waals surface area contributed by atoms with E-state index in [4.69, 9.17) is 0 Å². The molecule has 5 nitrogen and oxygen atoms in total. The number of fused-ring (bicyclic) bond motifs is 2. The summed E-state index contributed by atoms with van der Waals surface area (Å²) in [6.07, 6.45) is 9.12. The standard InChI is InChI=1S/C23H34N4O/c1-25-17-20-22(7-8-23(20,18-25)21(28)27-12-4-5-13-27)9-14-26(15-10-22)16-19-6-2-3-11-24-19/h2-3,6,11,20H,4-5,7-10,12-18H2,1H3/t20-,23+/m0/s1. The van der Waals surface area contributed by atoms with Gasteiger partial charge in [0.1, 0.15) is 0 Å². The number of pyridine rings is 1. The number of nitrogens with zero attached hydrogens (tertiary/aromatic N) is 4. The molecule has 152 valence electrons. The predicted octanol–water partition coefficient (Wildman–Crippen LogP) is 2.63. The van der Waals surface area contributed by atoms with Crippen molar-refractivity contribution in [1.82, 2.24) is 19.7 Å². The number of carbonyl (C=O) groups is 1. The number of carbonyl (C=O) groups excluding carboxylic acids is 1. The van der Waals surface area contributed by atoms with E-state index in [0.717, 1.165) is 52.2 Å². The molecule has 5 heteroatoms. The molecule has 0 N–H and O–H groups in total. The quantitative estimate of drug-likeness (QED) is 0.806. The first kappa shape index (κ1) is 18.6. The molecule has 0 aromatic carbocycles. The maximum atomic E-state index is 13.6. The first-order chi connectivity index (χ1) is 13.6. The zero-order valence-electron chi connectivity index (χ0n) is 17.3. The lowest BCUT2D eigenvalue weighted by atomic mass is 9.65. The lowest BCUT2D eigenvalue weighted by Crippen LogP contribution is -2.49. The van der Waals surface area contributed by atoms with Gasteiger partial charge in [-0.3, -0.25) is 14.7 Å². The number of hydrogen-bond acceptors (Lipinski definition) is 4. The van der Waals surface area contributed by atoms with E-state index < -0.39 is 0 Å². The van der Waals surface area contributed by atoms with Gasteiger partial charge in [-0.1, -0.05) is 6.07 Å². The molecule has 1 amide bonds. The molecule has 3 saturated heterocycles. The fourth-order valence-corrected chi connectivity index (χ4v) is 6.86. The van der Waals surface area contributed by atoms with Crippen LogP contribution in [0.3, 0.4) is 0 Å². The second-order valence-electron chi connectivity index (χ2n) is 9.86. The number of aromatic nitrogens is 1. The van der Waals surface area contributed by atoms with Crippen LogP contribution in [0.15, 0.2) is 24.4 Å². The first-order valence-corrected chi connectivity index (χ1v) is 11.2. The molecule has 0 unspecified atom stereocenters. The second kappa shape index (κ2) is 7.10. The first-order valence-electron chi connectivity index (χ1n) is 11.2. The molecule has 0 bridgehead atoms. The van der Waals surface area contributed by atoms with Crippen LogP contribution in [0.2, 0.25) is 0 Å². The highest BCUT2D eigenvalue weighted by Gasteiger charge is 2.64. The lowest BCUT2D eigenvalue weighted by Gasteiger charge is -2.45. The van der Waals surface area contributed by atoms with Gasteiger partial charge in [0.25, 0.3) is 0 Å². The summed E-state index contributed by atoms with van der Waals surface area (Å²) in [7, 11) is 2.22. The van der Waals surface area contributed by atoms with E-state index in [-0.39, 0.29) is 5.41 Å². The fourth-order valence-electron chi connectivity index (χ4n) is 6.86. The monoisotopic (exact) mass is 382 g/mol. The third-order valence-corrected chi connectivity index (χ3v) is 8.30. The highest BCUT2D eigenvalue weighted by molar-refractivity contribution is 5.84. The van der Waals surface area contributed by atoms with Crippen LogP contribution in [-0.2, 0) is 11.3 Å². The van der Waals surface area contributed by atoms with E-state index in [1.807, 2.05) is 12.3 Å². The molecule has 2 atom stereocenters. The van der Waals surface area contributed by atoms with Gasteiger partial charge in [-0.25, -0.2) is 0 Å². The maximum Gasteiger partial charge on any atom is 0.230 e. The molecule has 1 saturated carbocycles. The van der Waals surface area contributed by atoms with Crippen molar-refractivity contribution in [2.75, 3.05) is 46.3 Å². The Hall–Kier alpha value is -1.46. The van der Waals surface area contributed by atoms with Gasteiger partial charge in [0.15, 0.2) is 0 Å². The SMILES string of the molecule is CN1C[C@H]2C3(CCN(Cc4ccccn4)CC3)CC[C@@]2(C(=O)N2CCCC2)C1. The van der Waals surface area contributed by atoms with Crippen LogP contribution in [0.4, 0.5) is 0 Å². The normalized spacial score (nSPS) is 32.9. The summed E-state index contributed by atoms with van der Waals surface area (Å²) in [6.45, 7) is 7.31. The van der Waals surface area contributed by atoms with Crippen molar-refractivity contribution in [2.24, 2.45) is 16.7 Å². The number of piperidine rings is 1. The second-order valence-corrected chi connectivity index (χ2v) is 9.86. The van der Waals surface area contributed by atoms with E-state index in [1.54, 1.807) is 0 Å². The highest BCUT2D eigenvalue weighted by Crippen LogP contribution is 2.62. The summed E-state index contributed by atoms with van der Waals surface area (Å²) in [5.41, 5.74) is 1.45. The summed E-state index contributed by atoms with van der Waals surface area (Å²) in [6, 6.07) is 6.20. The van der Waals surface area contributed by atoms with E-state index >= 15 is 0 Å². The Bertz CT molecular complexity index is 709. The van der Waals surface area contributed by atoms with Crippen LogP contribution in [0.25, 0.3) is 0 Å². The lowest BCUT2D eigenvalue weighted by molar-refractivity contribution is -0.142. The summed E-state index contributed by atoms with van der Waals surface area (Å²) in [4.78, 5) is 25.3. The third-order valence-electron chi connectivity index (χ3n) is 8.30. The number of likely N-dealkylation sites (tertiary alicyclic amines) is 3. The predicted molar refractivity (Wildman–Crippen MR) is 110 cm³/mol. The minimum atomic E-state index is -0.0950. The maximum absolute atomic E-state index is 13.6. The molecule has 4 fully saturated rings. The fraction of sp³-hybridized carbons (Fsp3) is 0.739. The third kappa shape index (κ3) is 2.98. The molecule has 1 spiro atoms. The largest absolute Gasteiger partial charge is 0.342 e. The molecule has 4 aliphatic rings. The van der Waals surface area contributed by atoms with Crippen LogP contribution in [0, 0.1) is 16.7 Å².